The zero-order valence-electron chi connectivity index (χ0n) is 11.3. The number of hydrogen-bond acceptors (Lipinski definition) is 5. The Balaban J connectivity index is 1.81. The largest absolute Gasteiger partial charge is 0.364 e. The highest BCUT2D eigenvalue weighted by atomic mass is 79.9. The predicted molar refractivity (Wildman–Crippen MR) is 82.0 cm³/mol. The fourth-order valence-corrected chi connectivity index (χ4v) is 2.71. The van der Waals surface area contributed by atoms with E-state index in [1.54, 1.807) is 6.07 Å². The number of hydrogen-bond donors (Lipinski definition) is 1. The van der Waals surface area contributed by atoms with Gasteiger partial charge in [-0.1, -0.05) is 6.42 Å². The summed E-state index contributed by atoms with van der Waals surface area (Å²) in [6.07, 6.45) is 4.87. The molecule has 1 N–H and O–H groups in total. The first kappa shape index (κ1) is 15.2. The summed E-state index contributed by atoms with van der Waals surface area (Å²) in [5.41, 5.74) is 0.0196. The highest BCUT2D eigenvalue weighted by Gasteiger charge is 2.15. The summed E-state index contributed by atoms with van der Waals surface area (Å²) in [5.74, 6) is 0.336. The Bertz CT molecular complexity index is 464. The summed E-state index contributed by atoms with van der Waals surface area (Å²) in [7, 11) is 0. The lowest BCUT2D eigenvalue weighted by Crippen LogP contribution is -2.31. The molecule has 7 heteroatoms. The summed E-state index contributed by atoms with van der Waals surface area (Å²) in [6, 6.07) is 3.04. The van der Waals surface area contributed by atoms with Crippen molar-refractivity contribution in [3.63, 3.8) is 0 Å². The first-order valence-electron chi connectivity index (χ1n) is 6.94. The Morgan fingerprint density at radius 1 is 1.35 bits per heavy atom. The summed E-state index contributed by atoms with van der Waals surface area (Å²) in [5, 5.41) is 14.0. The topological polar surface area (TPSA) is 71.3 Å². The van der Waals surface area contributed by atoms with Crippen LogP contribution in [-0.4, -0.2) is 41.0 Å². The van der Waals surface area contributed by atoms with Crippen LogP contribution in [0.3, 0.4) is 0 Å². The second-order valence-corrected chi connectivity index (χ2v) is 5.75. The van der Waals surface area contributed by atoms with E-state index in [0.717, 1.165) is 13.0 Å². The summed E-state index contributed by atoms with van der Waals surface area (Å²) < 4.78 is 0.599. The molecule has 0 saturated carbocycles. The number of pyridine rings is 1. The van der Waals surface area contributed by atoms with E-state index in [9.17, 15) is 10.1 Å². The van der Waals surface area contributed by atoms with Gasteiger partial charge in [0.05, 0.1) is 4.92 Å². The molecule has 1 aliphatic rings. The summed E-state index contributed by atoms with van der Waals surface area (Å²) in [6.45, 7) is 4.08. The number of likely N-dealkylation sites (tertiary alicyclic amines) is 1. The molecule has 0 bridgehead atoms. The summed E-state index contributed by atoms with van der Waals surface area (Å²) >= 11 is 3.24. The van der Waals surface area contributed by atoms with Crippen molar-refractivity contribution in [3.8, 4) is 0 Å². The number of halogens is 1. The van der Waals surface area contributed by atoms with Crippen LogP contribution in [0.4, 0.5) is 11.5 Å². The van der Waals surface area contributed by atoms with E-state index >= 15 is 0 Å². The second-order valence-electron chi connectivity index (χ2n) is 4.94. The lowest BCUT2D eigenvalue weighted by atomic mass is 10.1. The minimum atomic E-state index is -0.410. The lowest BCUT2D eigenvalue weighted by Gasteiger charge is -2.26. The van der Waals surface area contributed by atoms with Gasteiger partial charge < -0.3 is 10.2 Å². The van der Waals surface area contributed by atoms with Gasteiger partial charge in [0.2, 0.25) is 5.82 Å². The average Bonchev–Trinajstić information content (AvgIpc) is 2.44. The van der Waals surface area contributed by atoms with Gasteiger partial charge in [0.15, 0.2) is 0 Å². The van der Waals surface area contributed by atoms with Crippen LogP contribution < -0.4 is 5.32 Å². The van der Waals surface area contributed by atoms with E-state index in [2.05, 4.69) is 31.1 Å². The molecule has 110 valence electrons. The fraction of sp³-hybridized carbons (Fsp3) is 0.615. The normalized spacial score (nSPS) is 16.1. The lowest BCUT2D eigenvalue weighted by molar-refractivity contribution is -0.384. The molecule has 0 amide bonds. The molecule has 2 heterocycles. The highest BCUT2D eigenvalue weighted by Crippen LogP contribution is 2.24. The number of piperidine rings is 1. The van der Waals surface area contributed by atoms with Crippen LogP contribution in [0.5, 0.6) is 0 Å². The molecule has 0 aliphatic carbocycles. The predicted octanol–water partition coefficient (Wildman–Crippen LogP) is 3.04. The van der Waals surface area contributed by atoms with Gasteiger partial charge in [-0.05, 0) is 60.9 Å². The van der Waals surface area contributed by atoms with Crippen LogP contribution >= 0.6 is 15.9 Å². The molecule has 1 fully saturated rings. The van der Waals surface area contributed by atoms with Crippen LogP contribution in [0, 0.1) is 10.1 Å². The molecule has 0 unspecified atom stereocenters. The van der Waals surface area contributed by atoms with Crippen LogP contribution in [0.25, 0.3) is 0 Å². The fourth-order valence-electron chi connectivity index (χ4n) is 2.40. The van der Waals surface area contributed by atoms with Crippen molar-refractivity contribution >= 4 is 27.4 Å². The molecule has 2 rings (SSSR count). The molecule has 1 saturated heterocycles. The van der Waals surface area contributed by atoms with Gasteiger partial charge in [-0.2, -0.15) is 0 Å². The smallest absolute Gasteiger partial charge is 0.311 e. The maximum Gasteiger partial charge on any atom is 0.311 e. The van der Waals surface area contributed by atoms with Crippen molar-refractivity contribution in [1.29, 1.82) is 0 Å². The van der Waals surface area contributed by atoms with Crippen molar-refractivity contribution in [2.45, 2.75) is 25.7 Å². The van der Waals surface area contributed by atoms with Crippen LogP contribution in [0.2, 0.25) is 0 Å². The Morgan fingerprint density at radius 3 is 2.80 bits per heavy atom. The molecule has 20 heavy (non-hydrogen) atoms. The van der Waals surface area contributed by atoms with E-state index < -0.39 is 4.92 Å². The SMILES string of the molecule is O=[N+]([O-])c1ccc(Br)nc1NCCCN1CCCCC1. The first-order valence-corrected chi connectivity index (χ1v) is 7.73. The van der Waals surface area contributed by atoms with Crippen molar-refractivity contribution in [2.24, 2.45) is 0 Å². The van der Waals surface area contributed by atoms with Crippen molar-refractivity contribution in [1.82, 2.24) is 9.88 Å². The van der Waals surface area contributed by atoms with E-state index in [1.165, 1.54) is 38.4 Å². The Kier molecular flexibility index (Phi) is 5.72. The highest BCUT2D eigenvalue weighted by molar-refractivity contribution is 9.10. The van der Waals surface area contributed by atoms with Gasteiger partial charge in [0.25, 0.3) is 0 Å². The van der Waals surface area contributed by atoms with Gasteiger partial charge in [-0.3, -0.25) is 10.1 Å². The molecule has 0 aromatic carbocycles. The molecular weight excluding hydrogens is 324 g/mol. The molecule has 0 radical (unpaired) electrons. The summed E-state index contributed by atoms with van der Waals surface area (Å²) in [4.78, 5) is 17.1. The monoisotopic (exact) mass is 342 g/mol. The van der Waals surface area contributed by atoms with E-state index in [-0.39, 0.29) is 5.69 Å². The Hall–Kier alpha value is -1.21. The molecule has 1 aliphatic heterocycles. The van der Waals surface area contributed by atoms with E-state index in [0.29, 0.717) is 17.0 Å². The number of anilines is 1. The van der Waals surface area contributed by atoms with Crippen molar-refractivity contribution in [3.05, 3.63) is 26.9 Å². The third-order valence-corrected chi connectivity index (χ3v) is 3.87. The van der Waals surface area contributed by atoms with Gasteiger partial charge >= 0.3 is 5.69 Å². The zero-order valence-corrected chi connectivity index (χ0v) is 12.9. The average molecular weight is 343 g/mol. The maximum absolute atomic E-state index is 10.9. The second kappa shape index (κ2) is 7.54. The molecule has 0 atom stereocenters. The van der Waals surface area contributed by atoms with Crippen LogP contribution in [-0.2, 0) is 0 Å². The van der Waals surface area contributed by atoms with Gasteiger partial charge in [0.1, 0.15) is 4.60 Å². The third-order valence-electron chi connectivity index (χ3n) is 3.43. The number of nitro groups is 1. The number of nitrogens with one attached hydrogen (secondary N) is 1. The maximum atomic E-state index is 10.9. The van der Waals surface area contributed by atoms with Gasteiger partial charge in [0, 0.05) is 12.6 Å². The zero-order chi connectivity index (χ0) is 14.4. The molecule has 6 nitrogen and oxygen atoms in total. The number of rotatable bonds is 6. The standard InChI is InChI=1S/C13H19BrN4O2/c14-12-6-5-11(18(19)20)13(16-12)15-7-4-10-17-8-2-1-3-9-17/h5-6H,1-4,7-10H2,(H,15,16). The van der Waals surface area contributed by atoms with Crippen LogP contribution in [0.1, 0.15) is 25.7 Å². The molecule has 1 aromatic rings. The van der Waals surface area contributed by atoms with E-state index in [4.69, 9.17) is 0 Å². The van der Waals surface area contributed by atoms with E-state index in [1.807, 2.05) is 0 Å². The quantitative estimate of drug-likeness (QED) is 0.372. The van der Waals surface area contributed by atoms with Gasteiger partial charge in [-0.25, -0.2) is 4.98 Å². The molecule has 0 spiro atoms. The molecule has 1 aromatic heterocycles. The molecular formula is C13H19BrN4O2. The van der Waals surface area contributed by atoms with Crippen molar-refractivity contribution < 1.29 is 4.92 Å². The Morgan fingerprint density at radius 2 is 2.10 bits per heavy atom. The minimum absolute atomic E-state index is 0.0196. The minimum Gasteiger partial charge on any atom is -0.364 e. The number of aromatic nitrogens is 1. The van der Waals surface area contributed by atoms with Crippen molar-refractivity contribution in [2.75, 3.05) is 31.5 Å². The Labute approximate surface area is 126 Å². The third kappa shape index (κ3) is 4.42. The number of nitrogens with zero attached hydrogens (tertiary/aromatic N) is 3. The van der Waals surface area contributed by atoms with Gasteiger partial charge in [-0.15, -0.1) is 0 Å². The van der Waals surface area contributed by atoms with Crippen LogP contribution in [0.15, 0.2) is 16.7 Å². The first-order chi connectivity index (χ1) is 9.66.